The van der Waals surface area contributed by atoms with E-state index < -0.39 is 5.60 Å². The van der Waals surface area contributed by atoms with Crippen LogP contribution in [0.2, 0.25) is 0 Å². The van der Waals surface area contributed by atoms with Gasteiger partial charge in [0.25, 0.3) is 0 Å². The van der Waals surface area contributed by atoms with Gasteiger partial charge in [-0.3, -0.25) is 4.90 Å². The van der Waals surface area contributed by atoms with Crippen molar-refractivity contribution >= 4 is 26.5 Å². The van der Waals surface area contributed by atoms with Gasteiger partial charge >= 0.3 is 6.09 Å². The molecule has 2 aliphatic heterocycles. The maximum Gasteiger partial charge on any atom is 0.410 e. The molecule has 154 valence electrons. The molecule has 0 unspecified atom stereocenters. The highest BCUT2D eigenvalue weighted by atomic mass is 79.9. The van der Waals surface area contributed by atoms with Crippen LogP contribution in [0.15, 0.2) is 35.9 Å². The molecule has 2 fully saturated rings. The molecule has 2 heterocycles. The number of ether oxygens (including phenoxy) is 1. The van der Waals surface area contributed by atoms with Crippen molar-refractivity contribution in [3.05, 3.63) is 41.5 Å². The largest absolute Gasteiger partial charge is 0.444 e. The van der Waals surface area contributed by atoms with Crippen LogP contribution in [0.5, 0.6) is 0 Å². The predicted molar refractivity (Wildman–Crippen MR) is 119 cm³/mol. The summed E-state index contributed by atoms with van der Waals surface area (Å²) in [6.45, 7) is 11.8. The van der Waals surface area contributed by atoms with Crippen molar-refractivity contribution in [3.63, 3.8) is 0 Å². The van der Waals surface area contributed by atoms with Gasteiger partial charge in [-0.25, -0.2) is 4.79 Å². The molecule has 1 aromatic rings. The molecule has 5 heteroatoms. The lowest BCUT2D eigenvalue weighted by atomic mass is 9.85. The summed E-state index contributed by atoms with van der Waals surface area (Å²) in [7, 11) is 0. The zero-order valence-electron chi connectivity index (χ0n) is 17.6. The van der Waals surface area contributed by atoms with Crippen LogP contribution in [-0.2, 0) is 4.74 Å². The quantitative estimate of drug-likeness (QED) is 0.583. The van der Waals surface area contributed by atoms with E-state index in [-0.39, 0.29) is 11.6 Å². The minimum Gasteiger partial charge on any atom is -0.444 e. The van der Waals surface area contributed by atoms with Crippen molar-refractivity contribution < 1.29 is 9.53 Å². The fourth-order valence-electron chi connectivity index (χ4n) is 4.14. The van der Waals surface area contributed by atoms with Crippen LogP contribution in [0, 0.1) is 0 Å². The van der Waals surface area contributed by atoms with Gasteiger partial charge in [0.2, 0.25) is 0 Å². The van der Waals surface area contributed by atoms with E-state index in [0.29, 0.717) is 0 Å². The summed E-state index contributed by atoms with van der Waals surface area (Å²) < 4.78 is 6.80. The normalized spacial score (nSPS) is 20.8. The highest BCUT2D eigenvalue weighted by Crippen LogP contribution is 2.36. The Bertz CT molecular complexity index is 706. The number of carbonyl (C=O) groups excluding carboxylic acids is 1. The second-order valence-corrected chi connectivity index (χ2v) is 10.0. The number of halogens is 1. The molecule has 2 saturated heterocycles. The number of benzene rings is 1. The summed E-state index contributed by atoms with van der Waals surface area (Å²) >= 11 is 3.83. The molecule has 28 heavy (non-hydrogen) atoms. The van der Waals surface area contributed by atoms with Gasteiger partial charge in [0, 0.05) is 36.2 Å². The number of rotatable bonds is 2. The Morgan fingerprint density at radius 2 is 1.61 bits per heavy atom. The third-order valence-corrected chi connectivity index (χ3v) is 6.98. The van der Waals surface area contributed by atoms with Crippen molar-refractivity contribution in [2.75, 3.05) is 26.2 Å². The van der Waals surface area contributed by atoms with E-state index in [2.05, 4.69) is 58.1 Å². The van der Waals surface area contributed by atoms with E-state index in [1.807, 2.05) is 25.7 Å². The molecule has 0 atom stereocenters. The number of hydrogen-bond donors (Lipinski definition) is 0. The van der Waals surface area contributed by atoms with Gasteiger partial charge in [0.1, 0.15) is 5.60 Å². The second-order valence-electron chi connectivity index (χ2n) is 9.23. The lowest BCUT2D eigenvalue weighted by Crippen LogP contribution is -2.56. The molecule has 0 bridgehead atoms. The number of piperidine rings is 2. The molecule has 4 nitrogen and oxygen atoms in total. The average Bonchev–Trinajstić information content (AvgIpc) is 2.67. The Hall–Kier alpha value is -1.33. The molecule has 0 saturated carbocycles. The number of hydrogen-bond acceptors (Lipinski definition) is 3. The fourth-order valence-corrected chi connectivity index (χ4v) is 4.80. The summed E-state index contributed by atoms with van der Waals surface area (Å²) in [4.78, 5) is 16.8. The van der Waals surface area contributed by atoms with E-state index in [0.717, 1.165) is 51.9 Å². The average molecular weight is 449 g/mol. The smallest absolute Gasteiger partial charge is 0.410 e. The third kappa shape index (κ3) is 5.18. The summed E-state index contributed by atoms with van der Waals surface area (Å²) in [5.74, 6) is 0. The van der Waals surface area contributed by atoms with Crippen LogP contribution in [0.4, 0.5) is 4.79 Å². The van der Waals surface area contributed by atoms with Crippen LogP contribution < -0.4 is 0 Å². The minimum atomic E-state index is -0.431. The Kier molecular flexibility index (Phi) is 6.55. The first-order valence-electron chi connectivity index (χ1n) is 10.3. The van der Waals surface area contributed by atoms with Crippen molar-refractivity contribution in [2.24, 2.45) is 0 Å². The number of amides is 1. The Morgan fingerprint density at radius 1 is 1.04 bits per heavy atom. The first-order chi connectivity index (χ1) is 13.2. The van der Waals surface area contributed by atoms with Crippen molar-refractivity contribution in [1.29, 1.82) is 0 Å². The van der Waals surface area contributed by atoms with Crippen LogP contribution in [-0.4, -0.2) is 53.2 Å². The van der Waals surface area contributed by atoms with Gasteiger partial charge in [0.05, 0.1) is 0 Å². The summed E-state index contributed by atoms with van der Waals surface area (Å²) in [6.07, 6.45) is 4.03. The standard InChI is InChI=1S/C23H33BrN2O2/c1-22(2,3)28-21(27)25-16-12-23(4,13-17-25)26-14-10-19(11-15-26)20(24)18-8-6-5-7-9-18/h5-9H,10-17H2,1-4H3. The number of likely N-dealkylation sites (tertiary alicyclic amines) is 2. The summed E-state index contributed by atoms with van der Waals surface area (Å²) in [5, 5.41) is 0. The Labute approximate surface area is 178 Å². The molecular weight excluding hydrogens is 416 g/mol. The first-order valence-corrected chi connectivity index (χ1v) is 11.1. The van der Waals surface area contributed by atoms with Gasteiger partial charge in [-0.2, -0.15) is 0 Å². The van der Waals surface area contributed by atoms with Crippen molar-refractivity contribution in [3.8, 4) is 0 Å². The predicted octanol–water partition coefficient (Wildman–Crippen LogP) is 5.68. The fraction of sp³-hybridized carbons (Fsp3) is 0.609. The summed E-state index contributed by atoms with van der Waals surface area (Å²) in [5.41, 5.74) is 2.52. The highest BCUT2D eigenvalue weighted by Gasteiger charge is 2.38. The monoisotopic (exact) mass is 448 g/mol. The van der Waals surface area contributed by atoms with Crippen LogP contribution in [0.1, 0.15) is 58.9 Å². The van der Waals surface area contributed by atoms with E-state index in [4.69, 9.17) is 4.74 Å². The maximum absolute atomic E-state index is 12.3. The molecule has 2 aliphatic rings. The van der Waals surface area contributed by atoms with Crippen molar-refractivity contribution in [1.82, 2.24) is 9.80 Å². The lowest BCUT2D eigenvalue weighted by Gasteiger charge is -2.48. The molecule has 1 aromatic carbocycles. The van der Waals surface area contributed by atoms with Crippen molar-refractivity contribution in [2.45, 2.75) is 64.5 Å². The SMILES string of the molecule is CC(C)(C)OC(=O)N1CCC(C)(N2CCC(=C(Br)c3ccccc3)CC2)CC1. The molecule has 3 rings (SSSR count). The third-order valence-electron chi connectivity index (χ3n) is 5.96. The van der Waals surface area contributed by atoms with Gasteiger partial charge in [-0.05, 0) is 58.9 Å². The van der Waals surface area contributed by atoms with Gasteiger partial charge in [0.15, 0.2) is 0 Å². The molecule has 1 amide bonds. The topological polar surface area (TPSA) is 32.8 Å². The van der Waals surface area contributed by atoms with Gasteiger partial charge in [-0.15, -0.1) is 0 Å². The van der Waals surface area contributed by atoms with Crippen LogP contribution in [0.3, 0.4) is 0 Å². The number of nitrogens with zero attached hydrogens (tertiary/aromatic N) is 2. The lowest BCUT2D eigenvalue weighted by molar-refractivity contribution is -0.00369. The van der Waals surface area contributed by atoms with E-state index in [1.165, 1.54) is 15.6 Å². The highest BCUT2D eigenvalue weighted by molar-refractivity contribution is 9.15. The first kappa shape index (κ1) is 21.4. The molecular formula is C23H33BrN2O2. The molecule has 0 aliphatic carbocycles. The van der Waals surface area contributed by atoms with Crippen LogP contribution in [0.25, 0.3) is 4.48 Å². The minimum absolute atomic E-state index is 0.170. The summed E-state index contributed by atoms with van der Waals surface area (Å²) in [6, 6.07) is 10.6. The number of carbonyl (C=O) groups is 1. The maximum atomic E-state index is 12.3. The zero-order valence-corrected chi connectivity index (χ0v) is 19.2. The Morgan fingerprint density at radius 3 is 2.14 bits per heavy atom. The molecule has 0 N–H and O–H groups in total. The van der Waals surface area contributed by atoms with E-state index in [1.54, 1.807) is 0 Å². The molecule has 0 radical (unpaired) electrons. The zero-order chi connectivity index (χ0) is 20.4. The second kappa shape index (κ2) is 8.58. The molecule has 0 spiro atoms. The Balaban J connectivity index is 1.56. The van der Waals surface area contributed by atoms with E-state index in [9.17, 15) is 4.79 Å². The van der Waals surface area contributed by atoms with Gasteiger partial charge < -0.3 is 9.64 Å². The molecule has 0 aromatic heterocycles. The van der Waals surface area contributed by atoms with Crippen LogP contribution >= 0.6 is 15.9 Å². The van der Waals surface area contributed by atoms with Gasteiger partial charge in [-0.1, -0.05) is 51.8 Å². The van der Waals surface area contributed by atoms with E-state index >= 15 is 0 Å².